The van der Waals surface area contributed by atoms with Crippen LogP contribution < -0.4 is 0 Å². The normalized spacial score (nSPS) is 11.7. The molecule has 5 aromatic rings. The van der Waals surface area contributed by atoms with Crippen LogP contribution in [0, 0.1) is 20.8 Å². The summed E-state index contributed by atoms with van der Waals surface area (Å²) < 4.78 is 9.21. The Morgan fingerprint density at radius 2 is 1.88 bits per heavy atom. The highest BCUT2D eigenvalue weighted by atomic mass is 16.3. The molecule has 7 heteroatoms. The lowest BCUT2D eigenvalue weighted by Gasteiger charge is -2.09. The molecule has 0 unspecified atom stereocenters. The maximum Gasteiger partial charge on any atom is 0.217 e. The molecule has 5 heterocycles. The van der Waals surface area contributed by atoms with E-state index in [2.05, 4.69) is 33.5 Å². The second-order valence-corrected chi connectivity index (χ2v) is 6.31. The molecule has 26 heavy (non-hydrogen) atoms. The molecule has 0 spiro atoms. The van der Waals surface area contributed by atoms with Gasteiger partial charge >= 0.3 is 0 Å². The molecule has 0 N–H and O–H groups in total. The molecule has 128 valence electrons. The first-order valence-corrected chi connectivity index (χ1v) is 8.34. The monoisotopic (exact) mass is 344 g/mol. The first kappa shape index (κ1) is 14.8. The highest BCUT2D eigenvalue weighted by molar-refractivity contribution is 5.95. The summed E-state index contributed by atoms with van der Waals surface area (Å²) in [4.78, 5) is 13.9. The van der Waals surface area contributed by atoms with Crippen LogP contribution in [0.3, 0.4) is 0 Å². The SMILES string of the molecule is Cc1cccnc1-n1c(C)c(C)c2c1ncn1nc(-c3ccco3)nc21. The van der Waals surface area contributed by atoms with Gasteiger partial charge in [0, 0.05) is 11.9 Å². The molecule has 0 aromatic carbocycles. The van der Waals surface area contributed by atoms with E-state index in [1.807, 2.05) is 31.2 Å². The van der Waals surface area contributed by atoms with Gasteiger partial charge in [-0.1, -0.05) is 6.07 Å². The van der Waals surface area contributed by atoms with Crippen molar-refractivity contribution in [2.24, 2.45) is 0 Å². The molecule has 0 amide bonds. The quantitative estimate of drug-likeness (QED) is 0.489. The molecule has 0 atom stereocenters. The minimum Gasteiger partial charge on any atom is -0.461 e. The lowest BCUT2D eigenvalue weighted by Crippen LogP contribution is -2.03. The molecule has 5 aromatic heterocycles. The number of aromatic nitrogens is 6. The first-order chi connectivity index (χ1) is 12.6. The smallest absolute Gasteiger partial charge is 0.217 e. The number of aryl methyl sites for hydroxylation is 2. The van der Waals surface area contributed by atoms with Crippen LogP contribution in [-0.4, -0.2) is 29.1 Å². The summed E-state index contributed by atoms with van der Waals surface area (Å²) in [7, 11) is 0. The number of pyridine rings is 1. The predicted octanol–water partition coefficient (Wildman–Crippen LogP) is 3.65. The van der Waals surface area contributed by atoms with Crippen molar-refractivity contribution in [3.05, 3.63) is 59.9 Å². The van der Waals surface area contributed by atoms with Gasteiger partial charge < -0.3 is 4.42 Å². The van der Waals surface area contributed by atoms with Crippen molar-refractivity contribution in [2.45, 2.75) is 20.8 Å². The average Bonchev–Trinajstić information content (AvgIpc) is 3.35. The van der Waals surface area contributed by atoms with Gasteiger partial charge in [-0.2, -0.15) is 0 Å². The minimum atomic E-state index is 0.545. The van der Waals surface area contributed by atoms with Gasteiger partial charge in [0.2, 0.25) is 5.82 Å². The van der Waals surface area contributed by atoms with E-state index in [1.54, 1.807) is 23.3 Å². The topological polar surface area (TPSA) is 74.0 Å². The Kier molecular flexibility index (Phi) is 3.00. The van der Waals surface area contributed by atoms with Gasteiger partial charge in [-0.25, -0.2) is 19.5 Å². The molecule has 7 nitrogen and oxygen atoms in total. The van der Waals surface area contributed by atoms with Crippen LogP contribution in [0.2, 0.25) is 0 Å². The number of hydrogen-bond donors (Lipinski definition) is 0. The van der Waals surface area contributed by atoms with E-state index in [0.29, 0.717) is 11.6 Å². The number of furan rings is 1. The highest BCUT2D eigenvalue weighted by Gasteiger charge is 2.20. The standard InChI is InChI=1S/C19H16N6O/c1-11-6-4-8-20-17(11)25-13(3)12(2)15-18(25)21-10-24-19(15)22-16(23-24)14-7-5-9-26-14/h4-10H,1-3H3. The summed E-state index contributed by atoms with van der Waals surface area (Å²) in [5.41, 5.74) is 4.88. The van der Waals surface area contributed by atoms with E-state index in [0.717, 1.165) is 39.3 Å². The molecule has 0 aliphatic heterocycles. The van der Waals surface area contributed by atoms with E-state index >= 15 is 0 Å². The summed E-state index contributed by atoms with van der Waals surface area (Å²) in [6, 6.07) is 7.66. The highest BCUT2D eigenvalue weighted by Crippen LogP contribution is 2.30. The third kappa shape index (κ3) is 1.94. The van der Waals surface area contributed by atoms with Crippen LogP contribution in [-0.2, 0) is 0 Å². The Morgan fingerprint density at radius 1 is 1.00 bits per heavy atom. The van der Waals surface area contributed by atoms with E-state index in [-0.39, 0.29) is 0 Å². The molecule has 0 aliphatic carbocycles. The number of rotatable bonds is 2. The maximum absolute atomic E-state index is 5.43. The Hall–Kier alpha value is -3.48. The zero-order valence-corrected chi connectivity index (χ0v) is 14.6. The molecule has 0 saturated heterocycles. The largest absolute Gasteiger partial charge is 0.461 e. The summed E-state index contributed by atoms with van der Waals surface area (Å²) >= 11 is 0. The van der Waals surface area contributed by atoms with Crippen molar-refractivity contribution in [3.63, 3.8) is 0 Å². The summed E-state index contributed by atoms with van der Waals surface area (Å²) in [5, 5.41) is 5.47. The van der Waals surface area contributed by atoms with E-state index in [9.17, 15) is 0 Å². The maximum atomic E-state index is 5.43. The summed E-state index contributed by atoms with van der Waals surface area (Å²) in [6.07, 6.45) is 5.10. The van der Waals surface area contributed by atoms with E-state index in [1.165, 1.54) is 0 Å². The first-order valence-electron chi connectivity index (χ1n) is 8.34. The number of nitrogens with zero attached hydrogens (tertiary/aromatic N) is 6. The molecule has 0 bridgehead atoms. The Morgan fingerprint density at radius 3 is 2.65 bits per heavy atom. The van der Waals surface area contributed by atoms with Crippen LogP contribution in [0.4, 0.5) is 0 Å². The van der Waals surface area contributed by atoms with Gasteiger partial charge in [0.05, 0.1) is 11.6 Å². The minimum absolute atomic E-state index is 0.545. The molecule has 0 fully saturated rings. The number of fused-ring (bicyclic) bond motifs is 3. The lowest BCUT2D eigenvalue weighted by atomic mass is 10.2. The second-order valence-electron chi connectivity index (χ2n) is 6.31. The fraction of sp³-hybridized carbons (Fsp3) is 0.158. The second kappa shape index (κ2) is 5.26. The summed E-state index contributed by atoms with van der Waals surface area (Å²) in [5.74, 6) is 2.06. The molecular formula is C19H16N6O. The van der Waals surface area contributed by atoms with E-state index in [4.69, 9.17) is 9.40 Å². The molecule has 0 saturated carbocycles. The van der Waals surface area contributed by atoms with Crippen molar-refractivity contribution in [1.29, 1.82) is 0 Å². The summed E-state index contributed by atoms with van der Waals surface area (Å²) in [6.45, 7) is 6.20. The molecule has 0 aliphatic rings. The van der Waals surface area contributed by atoms with Gasteiger partial charge in [0.25, 0.3) is 0 Å². The van der Waals surface area contributed by atoms with E-state index < -0.39 is 0 Å². The van der Waals surface area contributed by atoms with Crippen molar-refractivity contribution < 1.29 is 4.42 Å². The van der Waals surface area contributed by atoms with Gasteiger partial charge in [-0.15, -0.1) is 5.10 Å². The third-order valence-electron chi connectivity index (χ3n) is 4.77. The Bertz CT molecular complexity index is 1260. The molecular weight excluding hydrogens is 328 g/mol. The van der Waals surface area contributed by atoms with Crippen molar-refractivity contribution in [1.82, 2.24) is 29.1 Å². The Balaban J connectivity index is 1.86. The zero-order valence-electron chi connectivity index (χ0n) is 14.6. The average molecular weight is 344 g/mol. The van der Waals surface area contributed by atoms with Crippen LogP contribution in [0.15, 0.2) is 47.5 Å². The van der Waals surface area contributed by atoms with Crippen molar-refractivity contribution in [3.8, 4) is 17.4 Å². The molecule has 0 radical (unpaired) electrons. The van der Waals surface area contributed by atoms with Crippen LogP contribution in [0.5, 0.6) is 0 Å². The predicted molar refractivity (Wildman–Crippen MR) is 97.3 cm³/mol. The van der Waals surface area contributed by atoms with Gasteiger partial charge in [0.1, 0.15) is 12.1 Å². The van der Waals surface area contributed by atoms with Crippen LogP contribution >= 0.6 is 0 Å². The molecule has 5 rings (SSSR count). The van der Waals surface area contributed by atoms with Crippen molar-refractivity contribution >= 4 is 16.7 Å². The van der Waals surface area contributed by atoms with Crippen LogP contribution in [0.1, 0.15) is 16.8 Å². The van der Waals surface area contributed by atoms with Gasteiger partial charge in [-0.05, 0) is 50.1 Å². The lowest BCUT2D eigenvalue weighted by molar-refractivity contribution is 0.577. The van der Waals surface area contributed by atoms with Gasteiger partial charge in [0.15, 0.2) is 17.1 Å². The Labute approximate surface area is 149 Å². The van der Waals surface area contributed by atoms with Gasteiger partial charge in [-0.3, -0.25) is 4.57 Å². The van der Waals surface area contributed by atoms with Crippen molar-refractivity contribution in [2.75, 3.05) is 0 Å². The third-order valence-corrected chi connectivity index (χ3v) is 4.77. The number of hydrogen-bond acceptors (Lipinski definition) is 5. The fourth-order valence-electron chi connectivity index (χ4n) is 3.34. The van der Waals surface area contributed by atoms with Crippen LogP contribution in [0.25, 0.3) is 34.1 Å². The fourth-order valence-corrected chi connectivity index (χ4v) is 3.34. The zero-order chi connectivity index (χ0) is 17.8.